The second-order valence-corrected chi connectivity index (χ2v) is 9.36. The molecule has 1 aliphatic carbocycles. The first-order chi connectivity index (χ1) is 13.5. The summed E-state index contributed by atoms with van der Waals surface area (Å²) in [5.41, 5.74) is 3.57. The van der Waals surface area contributed by atoms with E-state index in [-0.39, 0.29) is 11.8 Å². The molecule has 1 atom stereocenters. The van der Waals surface area contributed by atoms with Crippen LogP contribution >= 0.6 is 22.7 Å². The highest BCUT2D eigenvalue weighted by Gasteiger charge is 2.28. The van der Waals surface area contributed by atoms with E-state index in [4.69, 9.17) is 0 Å². The average Bonchev–Trinajstić information content (AvgIpc) is 3.29. The summed E-state index contributed by atoms with van der Waals surface area (Å²) in [6.45, 7) is 4.23. The second kappa shape index (κ2) is 7.89. The van der Waals surface area contributed by atoms with Crippen LogP contribution in [-0.4, -0.2) is 11.8 Å². The summed E-state index contributed by atoms with van der Waals surface area (Å²) in [6, 6.07) is 11.4. The number of benzene rings is 1. The van der Waals surface area contributed by atoms with Crippen LogP contribution < -0.4 is 10.6 Å². The van der Waals surface area contributed by atoms with Crippen LogP contribution in [0.4, 0.5) is 10.7 Å². The zero-order valence-corrected chi connectivity index (χ0v) is 17.5. The van der Waals surface area contributed by atoms with Gasteiger partial charge in [-0.1, -0.05) is 25.1 Å². The fraction of sp³-hybridized carbons (Fsp3) is 0.273. The summed E-state index contributed by atoms with van der Waals surface area (Å²) in [4.78, 5) is 27.6. The van der Waals surface area contributed by atoms with Crippen molar-refractivity contribution in [3.8, 4) is 0 Å². The molecule has 144 valence electrons. The molecule has 0 radical (unpaired) electrons. The van der Waals surface area contributed by atoms with Crippen molar-refractivity contribution in [3.05, 3.63) is 68.2 Å². The van der Waals surface area contributed by atoms with Crippen molar-refractivity contribution in [1.82, 2.24) is 0 Å². The summed E-state index contributed by atoms with van der Waals surface area (Å²) >= 11 is 2.94. The molecule has 0 saturated heterocycles. The van der Waals surface area contributed by atoms with E-state index in [1.807, 2.05) is 42.6 Å². The van der Waals surface area contributed by atoms with Crippen LogP contribution in [0.3, 0.4) is 0 Å². The van der Waals surface area contributed by atoms with Gasteiger partial charge in [0.25, 0.3) is 11.8 Å². The van der Waals surface area contributed by atoms with Gasteiger partial charge in [0.15, 0.2) is 0 Å². The fourth-order valence-corrected chi connectivity index (χ4v) is 5.59. The number of thiophene rings is 2. The van der Waals surface area contributed by atoms with Crippen LogP contribution in [-0.2, 0) is 12.8 Å². The van der Waals surface area contributed by atoms with Gasteiger partial charge in [-0.2, -0.15) is 0 Å². The molecule has 6 heteroatoms. The molecule has 0 unspecified atom stereocenters. The van der Waals surface area contributed by atoms with Crippen molar-refractivity contribution in [3.63, 3.8) is 0 Å². The van der Waals surface area contributed by atoms with Crippen molar-refractivity contribution in [2.45, 2.75) is 33.1 Å². The van der Waals surface area contributed by atoms with E-state index in [9.17, 15) is 9.59 Å². The van der Waals surface area contributed by atoms with Crippen LogP contribution in [0, 0.1) is 12.8 Å². The van der Waals surface area contributed by atoms with Gasteiger partial charge in [0.05, 0.1) is 10.4 Å². The van der Waals surface area contributed by atoms with Crippen LogP contribution in [0.5, 0.6) is 0 Å². The summed E-state index contributed by atoms with van der Waals surface area (Å²) in [7, 11) is 0. The van der Waals surface area contributed by atoms with Gasteiger partial charge in [0.2, 0.25) is 0 Å². The molecule has 1 aliphatic rings. The molecular formula is C22H22N2O2S2. The highest BCUT2D eigenvalue weighted by molar-refractivity contribution is 7.17. The van der Waals surface area contributed by atoms with Gasteiger partial charge in [0.1, 0.15) is 5.00 Å². The standard InChI is InChI=1S/C22H22N2O2S2/c1-13-5-3-6-15(11-13)23-21(26)19-16-9-8-14(2)12-18(16)28-22(19)24-20(25)17-7-4-10-27-17/h3-7,10-11,14H,8-9,12H2,1-2H3,(H,23,26)(H,24,25)/t14-/m0/s1. The van der Waals surface area contributed by atoms with E-state index >= 15 is 0 Å². The summed E-state index contributed by atoms with van der Waals surface area (Å²) in [6.07, 6.45) is 2.89. The van der Waals surface area contributed by atoms with E-state index in [0.29, 0.717) is 21.4 Å². The number of amides is 2. The first kappa shape index (κ1) is 18.9. The highest BCUT2D eigenvalue weighted by atomic mass is 32.1. The Morgan fingerprint density at radius 1 is 1.11 bits per heavy atom. The van der Waals surface area contributed by atoms with E-state index < -0.39 is 0 Å². The lowest BCUT2D eigenvalue weighted by atomic mass is 9.88. The molecule has 0 bridgehead atoms. The van der Waals surface area contributed by atoms with Crippen LogP contribution in [0.2, 0.25) is 0 Å². The van der Waals surface area contributed by atoms with Crippen LogP contribution in [0.25, 0.3) is 0 Å². The smallest absolute Gasteiger partial charge is 0.266 e. The van der Waals surface area contributed by atoms with Crippen LogP contribution in [0.15, 0.2) is 41.8 Å². The Kier molecular flexibility index (Phi) is 5.33. The fourth-order valence-electron chi connectivity index (χ4n) is 3.57. The van der Waals surface area contributed by atoms with Crippen LogP contribution in [0.1, 0.15) is 49.4 Å². The molecule has 4 rings (SSSR count). The lowest BCUT2D eigenvalue weighted by Crippen LogP contribution is -2.19. The molecule has 2 aromatic heterocycles. The minimum absolute atomic E-state index is 0.154. The van der Waals surface area contributed by atoms with Crippen molar-refractivity contribution in [1.29, 1.82) is 0 Å². The number of aryl methyl sites for hydroxylation is 1. The Morgan fingerprint density at radius 2 is 1.96 bits per heavy atom. The number of carbonyl (C=O) groups is 2. The van der Waals surface area contributed by atoms with Gasteiger partial charge in [0, 0.05) is 10.6 Å². The third-order valence-corrected chi connectivity index (χ3v) is 7.03. The largest absolute Gasteiger partial charge is 0.322 e. The van der Waals surface area contributed by atoms with Gasteiger partial charge in [-0.15, -0.1) is 22.7 Å². The molecule has 4 nitrogen and oxygen atoms in total. The van der Waals surface area contributed by atoms with Gasteiger partial charge < -0.3 is 10.6 Å². The molecule has 2 heterocycles. The van der Waals surface area contributed by atoms with Gasteiger partial charge in [-0.3, -0.25) is 9.59 Å². The minimum atomic E-state index is -0.161. The molecule has 28 heavy (non-hydrogen) atoms. The average molecular weight is 411 g/mol. The molecule has 2 amide bonds. The van der Waals surface area contributed by atoms with Crippen molar-refractivity contribution < 1.29 is 9.59 Å². The third kappa shape index (κ3) is 3.88. The number of hydrogen-bond donors (Lipinski definition) is 2. The number of rotatable bonds is 4. The number of carbonyl (C=O) groups excluding carboxylic acids is 2. The molecule has 0 saturated carbocycles. The molecule has 3 aromatic rings. The summed E-state index contributed by atoms with van der Waals surface area (Å²) in [5.74, 6) is 0.282. The Balaban J connectivity index is 1.67. The van der Waals surface area contributed by atoms with E-state index in [2.05, 4.69) is 17.6 Å². The highest BCUT2D eigenvalue weighted by Crippen LogP contribution is 2.40. The van der Waals surface area contributed by atoms with Gasteiger partial charge >= 0.3 is 0 Å². The lowest BCUT2D eigenvalue weighted by Gasteiger charge is -2.18. The number of anilines is 2. The predicted octanol–water partition coefficient (Wildman–Crippen LogP) is 5.75. The Labute approximate surface area is 172 Å². The molecule has 0 spiro atoms. The van der Waals surface area contributed by atoms with E-state index in [1.165, 1.54) is 16.2 Å². The molecular weight excluding hydrogens is 388 g/mol. The Hall–Kier alpha value is -2.44. The van der Waals surface area contributed by atoms with Gasteiger partial charge in [-0.25, -0.2) is 0 Å². The van der Waals surface area contributed by atoms with Crippen molar-refractivity contribution >= 4 is 45.2 Å². The topological polar surface area (TPSA) is 58.2 Å². The van der Waals surface area contributed by atoms with Gasteiger partial charge in [-0.05, 0) is 66.8 Å². The number of fused-ring (bicyclic) bond motifs is 1. The summed E-state index contributed by atoms with van der Waals surface area (Å²) in [5, 5.41) is 8.54. The van der Waals surface area contributed by atoms with E-state index in [0.717, 1.165) is 36.1 Å². The SMILES string of the molecule is Cc1cccc(NC(=O)c2c(NC(=O)c3cccs3)sc3c2CC[C@H](C)C3)c1. The first-order valence-electron chi connectivity index (χ1n) is 9.38. The third-order valence-electron chi connectivity index (χ3n) is 4.99. The first-order valence-corrected chi connectivity index (χ1v) is 11.1. The van der Waals surface area contributed by atoms with E-state index in [1.54, 1.807) is 17.4 Å². The normalized spacial score (nSPS) is 15.7. The maximum atomic E-state index is 13.2. The molecule has 1 aromatic carbocycles. The Morgan fingerprint density at radius 3 is 2.71 bits per heavy atom. The maximum Gasteiger partial charge on any atom is 0.266 e. The molecule has 0 fully saturated rings. The van der Waals surface area contributed by atoms with Crippen molar-refractivity contribution in [2.24, 2.45) is 5.92 Å². The molecule has 2 N–H and O–H groups in total. The minimum Gasteiger partial charge on any atom is -0.322 e. The lowest BCUT2D eigenvalue weighted by molar-refractivity contribution is 0.102. The zero-order valence-electron chi connectivity index (χ0n) is 15.9. The Bertz CT molecular complexity index is 1020. The quantitative estimate of drug-likeness (QED) is 0.575. The second-order valence-electron chi connectivity index (χ2n) is 7.31. The van der Waals surface area contributed by atoms with Crippen molar-refractivity contribution in [2.75, 3.05) is 10.6 Å². The summed E-state index contributed by atoms with van der Waals surface area (Å²) < 4.78 is 0. The number of hydrogen-bond acceptors (Lipinski definition) is 4. The maximum absolute atomic E-state index is 13.2. The zero-order chi connectivity index (χ0) is 19.7. The monoisotopic (exact) mass is 410 g/mol. The predicted molar refractivity (Wildman–Crippen MR) is 117 cm³/mol. The number of nitrogens with one attached hydrogen (secondary N) is 2. The molecule has 0 aliphatic heterocycles.